The van der Waals surface area contributed by atoms with Gasteiger partial charge in [-0.2, -0.15) is 8.78 Å². The van der Waals surface area contributed by atoms with E-state index in [-0.39, 0.29) is 30.5 Å². The molecule has 2 unspecified atom stereocenters. The van der Waals surface area contributed by atoms with Crippen molar-refractivity contribution in [3.05, 3.63) is 54.1 Å². The molecule has 1 fully saturated rings. The summed E-state index contributed by atoms with van der Waals surface area (Å²) in [5.74, 6) is -0.133. The van der Waals surface area contributed by atoms with E-state index in [2.05, 4.69) is 10.1 Å². The van der Waals surface area contributed by atoms with Crippen molar-refractivity contribution in [2.75, 3.05) is 18.1 Å². The quantitative estimate of drug-likeness (QED) is 0.706. The molecule has 8 heteroatoms. The maximum atomic E-state index is 12.7. The first-order chi connectivity index (χ1) is 14.4. The molecular weight excluding hydrogens is 394 g/mol. The minimum absolute atomic E-state index is 0.0290. The number of carbonyl (C=O) groups excluding carboxylic acids is 2. The fourth-order valence-electron chi connectivity index (χ4n) is 3.40. The van der Waals surface area contributed by atoms with Gasteiger partial charge in [0.25, 0.3) is 0 Å². The zero-order valence-corrected chi connectivity index (χ0v) is 16.8. The fourth-order valence-corrected chi connectivity index (χ4v) is 3.40. The Bertz CT molecular complexity index is 889. The second kappa shape index (κ2) is 9.56. The van der Waals surface area contributed by atoms with Crippen LogP contribution in [0.25, 0.3) is 0 Å². The summed E-state index contributed by atoms with van der Waals surface area (Å²) in [7, 11) is 0. The van der Waals surface area contributed by atoms with Crippen LogP contribution in [0.5, 0.6) is 11.5 Å². The van der Waals surface area contributed by atoms with Crippen LogP contribution in [0.1, 0.15) is 31.9 Å². The summed E-state index contributed by atoms with van der Waals surface area (Å²) in [6.07, 6.45) is 0.111. The molecule has 0 aliphatic carbocycles. The number of benzene rings is 2. The highest BCUT2D eigenvalue weighted by Crippen LogP contribution is 2.28. The maximum absolute atomic E-state index is 12.7. The standard InChI is InChI=1S/C22H24F2N2O4/c1-3-29-18-9-7-17(8-10-18)26-13-16(12-20(26)27)21(28)25-14(2)15-5-4-6-19(11-15)30-22(23)24/h4-11,14,16,22H,3,12-13H2,1-2H3,(H,25,28). The lowest BCUT2D eigenvalue weighted by Crippen LogP contribution is -2.34. The van der Waals surface area contributed by atoms with Gasteiger partial charge in [0, 0.05) is 18.7 Å². The van der Waals surface area contributed by atoms with Crippen LogP contribution in [0, 0.1) is 5.92 Å². The van der Waals surface area contributed by atoms with Crippen molar-refractivity contribution in [3.8, 4) is 11.5 Å². The van der Waals surface area contributed by atoms with E-state index in [1.807, 2.05) is 6.92 Å². The number of anilines is 1. The number of halogens is 2. The van der Waals surface area contributed by atoms with E-state index in [1.165, 1.54) is 12.1 Å². The molecule has 2 aromatic carbocycles. The van der Waals surface area contributed by atoms with Gasteiger partial charge in [0.2, 0.25) is 11.8 Å². The molecule has 0 spiro atoms. The van der Waals surface area contributed by atoms with E-state index in [1.54, 1.807) is 48.2 Å². The number of hydrogen-bond acceptors (Lipinski definition) is 4. The van der Waals surface area contributed by atoms with E-state index in [4.69, 9.17) is 4.74 Å². The van der Waals surface area contributed by atoms with Crippen LogP contribution in [0.4, 0.5) is 14.5 Å². The van der Waals surface area contributed by atoms with Gasteiger partial charge in [-0.1, -0.05) is 12.1 Å². The van der Waals surface area contributed by atoms with Gasteiger partial charge >= 0.3 is 6.61 Å². The number of ether oxygens (including phenoxy) is 2. The molecule has 0 saturated carbocycles. The largest absolute Gasteiger partial charge is 0.494 e. The Balaban J connectivity index is 1.61. The van der Waals surface area contributed by atoms with E-state index >= 15 is 0 Å². The molecule has 30 heavy (non-hydrogen) atoms. The van der Waals surface area contributed by atoms with E-state index in [0.717, 1.165) is 0 Å². The molecule has 1 aliphatic heterocycles. The van der Waals surface area contributed by atoms with Gasteiger partial charge < -0.3 is 19.7 Å². The van der Waals surface area contributed by atoms with Crippen molar-refractivity contribution in [1.29, 1.82) is 0 Å². The first kappa shape index (κ1) is 21.5. The van der Waals surface area contributed by atoms with Crippen LogP contribution in [-0.2, 0) is 9.59 Å². The molecule has 160 valence electrons. The summed E-state index contributed by atoms with van der Waals surface area (Å²) >= 11 is 0. The Morgan fingerprint density at radius 1 is 1.20 bits per heavy atom. The van der Waals surface area contributed by atoms with E-state index in [0.29, 0.717) is 23.6 Å². The van der Waals surface area contributed by atoms with Crippen LogP contribution < -0.4 is 19.7 Å². The first-order valence-electron chi connectivity index (χ1n) is 9.75. The lowest BCUT2D eigenvalue weighted by molar-refractivity contribution is -0.126. The number of nitrogens with one attached hydrogen (secondary N) is 1. The summed E-state index contributed by atoms with van der Waals surface area (Å²) in [4.78, 5) is 26.7. The first-order valence-corrected chi connectivity index (χ1v) is 9.75. The second-order valence-electron chi connectivity index (χ2n) is 7.01. The molecule has 0 radical (unpaired) electrons. The summed E-state index contributed by atoms with van der Waals surface area (Å²) in [6, 6.07) is 12.9. The monoisotopic (exact) mass is 418 g/mol. The van der Waals surface area contributed by atoms with Gasteiger partial charge in [-0.15, -0.1) is 0 Å². The summed E-state index contributed by atoms with van der Waals surface area (Å²) in [6.45, 7) is 1.56. The smallest absolute Gasteiger partial charge is 0.387 e. The Labute approximate surface area is 173 Å². The van der Waals surface area contributed by atoms with Crippen LogP contribution in [0.15, 0.2) is 48.5 Å². The number of rotatable bonds is 8. The number of amides is 2. The van der Waals surface area contributed by atoms with Crippen LogP contribution >= 0.6 is 0 Å². The van der Waals surface area contributed by atoms with Gasteiger partial charge in [0.1, 0.15) is 11.5 Å². The molecule has 2 atom stereocenters. The minimum atomic E-state index is -2.91. The fraction of sp³-hybridized carbons (Fsp3) is 0.364. The number of hydrogen-bond donors (Lipinski definition) is 1. The Hall–Kier alpha value is -3.16. The SMILES string of the molecule is CCOc1ccc(N2CC(C(=O)NC(C)c3cccc(OC(F)F)c3)CC2=O)cc1. The topological polar surface area (TPSA) is 67.9 Å². The molecular formula is C22H24F2N2O4. The van der Waals surface area contributed by atoms with E-state index in [9.17, 15) is 18.4 Å². The molecule has 2 amide bonds. The Morgan fingerprint density at radius 3 is 2.60 bits per heavy atom. The molecule has 1 N–H and O–H groups in total. The van der Waals surface area contributed by atoms with Gasteiger partial charge in [-0.3, -0.25) is 9.59 Å². The minimum Gasteiger partial charge on any atom is -0.494 e. The highest BCUT2D eigenvalue weighted by Gasteiger charge is 2.35. The van der Waals surface area contributed by atoms with Crippen LogP contribution in [-0.4, -0.2) is 31.6 Å². The van der Waals surface area contributed by atoms with Crippen molar-refractivity contribution in [2.45, 2.75) is 32.9 Å². The number of carbonyl (C=O) groups is 2. The summed E-state index contributed by atoms with van der Waals surface area (Å²) in [5, 5.41) is 2.86. The van der Waals surface area contributed by atoms with Gasteiger partial charge in [0.05, 0.1) is 18.6 Å². The third-order valence-electron chi connectivity index (χ3n) is 4.90. The van der Waals surface area contributed by atoms with E-state index < -0.39 is 18.6 Å². The average molecular weight is 418 g/mol. The maximum Gasteiger partial charge on any atom is 0.387 e. The van der Waals surface area contributed by atoms with Gasteiger partial charge in [-0.05, 0) is 55.8 Å². The Kier molecular flexibility index (Phi) is 6.87. The van der Waals surface area contributed by atoms with Crippen molar-refractivity contribution < 1.29 is 27.8 Å². The molecule has 3 rings (SSSR count). The Morgan fingerprint density at radius 2 is 1.93 bits per heavy atom. The van der Waals surface area contributed by atoms with Gasteiger partial charge in [0.15, 0.2) is 0 Å². The predicted molar refractivity (Wildman–Crippen MR) is 108 cm³/mol. The highest BCUT2D eigenvalue weighted by molar-refractivity contribution is 6.00. The molecule has 0 bridgehead atoms. The number of alkyl halides is 2. The third-order valence-corrected chi connectivity index (χ3v) is 4.90. The molecule has 6 nitrogen and oxygen atoms in total. The van der Waals surface area contributed by atoms with Crippen LogP contribution in [0.2, 0.25) is 0 Å². The van der Waals surface area contributed by atoms with Crippen LogP contribution in [0.3, 0.4) is 0 Å². The molecule has 1 aliphatic rings. The highest BCUT2D eigenvalue weighted by atomic mass is 19.3. The van der Waals surface area contributed by atoms with Crippen molar-refractivity contribution in [3.63, 3.8) is 0 Å². The normalized spacial score (nSPS) is 17.2. The predicted octanol–water partition coefficient (Wildman–Crippen LogP) is 3.92. The van der Waals surface area contributed by atoms with Crippen molar-refractivity contribution >= 4 is 17.5 Å². The zero-order valence-electron chi connectivity index (χ0n) is 16.8. The third kappa shape index (κ3) is 5.25. The lowest BCUT2D eigenvalue weighted by atomic mass is 10.0. The molecule has 2 aromatic rings. The summed E-state index contributed by atoms with van der Waals surface area (Å²) in [5.41, 5.74) is 1.35. The average Bonchev–Trinajstić information content (AvgIpc) is 3.10. The second-order valence-corrected chi connectivity index (χ2v) is 7.01. The lowest BCUT2D eigenvalue weighted by Gasteiger charge is -2.19. The summed E-state index contributed by atoms with van der Waals surface area (Å²) < 4.78 is 34.6. The molecule has 0 aromatic heterocycles. The zero-order chi connectivity index (χ0) is 21.7. The van der Waals surface area contributed by atoms with Crippen molar-refractivity contribution in [1.82, 2.24) is 5.32 Å². The molecule has 1 heterocycles. The van der Waals surface area contributed by atoms with Crippen molar-refractivity contribution in [2.24, 2.45) is 5.92 Å². The number of nitrogens with zero attached hydrogens (tertiary/aromatic N) is 1. The molecule has 1 saturated heterocycles. The van der Waals surface area contributed by atoms with Gasteiger partial charge in [-0.25, -0.2) is 0 Å².